The van der Waals surface area contributed by atoms with E-state index < -0.39 is 11.5 Å². The van der Waals surface area contributed by atoms with Crippen LogP contribution in [-0.4, -0.2) is 15.9 Å². The minimum absolute atomic E-state index is 0.0627. The van der Waals surface area contributed by atoms with Gasteiger partial charge in [0.2, 0.25) is 0 Å². The molecule has 7 heteroatoms. The standard InChI is InChI=1S/C18H16ClN3O2S/c1-10-3-5-12(8-15(10)19)7-13-9-20-18(25-13)22-17(24)14-6-4-11(2)21-16(14)23/h3-6,8-9H,7H2,1-2H3,(H,21,23)(H,20,22,24). The molecule has 0 fully saturated rings. The second kappa shape index (κ2) is 7.21. The van der Waals surface area contributed by atoms with Crippen molar-refractivity contribution in [1.29, 1.82) is 0 Å². The molecule has 2 N–H and O–H groups in total. The molecule has 1 aromatic carbocycles. The maximum absolute atomic E-state index is 12.2. The Labute approximate surface area is 153 Å². The molecule has 0 unspecified atom stereocenters. The average Bonchev–Trinajstić information content (AvgIpc) is 2.97. The first-order chi connectivity index (χ1) is 11.9. The van der Waals surface area contributed by atoms with Crippen molar-refractivity contribution in [3.63, 3.8) is 0 Å². The molecule has 2 heterocycles. The molecular formula is C18H16ClN3O2S. The number of carbonyl (C=O) groups is 1. The number of hydrogen-bond donors (Lipinski definition) is 2. The van der Waals surface area contributed by atoms with Gasteiger partial charge in [0.15, 0.2) is 5.13 Å². The predicted molar refractivity (Wildman–Crippen MR) is 101 cm³/mol. The lowest BCUT2D eigenvalue weighted by atomic mass is 10.1. The van der Waals surface area contributed by atoms with Gasteiger partial charge in [-0.3, -0.25) is 14.9 Å². The third-order valence-corrected chi connectivity index (χ3v) is 5.01. The molecule has 0 bridgehead atoms. The molecule has 25 heavy (non-hydrogen) atoms. The van der Waals surface area contributed by atoms with E-state index >= 15 is 0 Å². The summed E-state index contributed by atoms with van der Waals surface area (Å²) in [7, 11) is 0. The summed E-state index contributed by atoms with van der Waals surface area (Å²) >= 11 is 7.52. The Morgan fingerprint density at radius 3 is 2.80 bits per heavy atom. The van der Waals surface area contributed by atoms with Crippen molar-refractivity contribution in [3.05, 3.63) is 79.2 Å². The van der Waals surface area contributed by atoms with Crippen molar-refractivity contribution in [2.45, 2.75) is 20.3 Å². The number of benzene rings is 1. The number of H-pyrrole nitrogens is 1. The molecule has 0 radical (unpaired) electrons. The zero-order valence-corrected chi connectivity index (χ0v) is 15.3. The lowest BCUT2D eigenvalue weighted by molar-refractivity contribution is 0.102. The summed E-state index contributed by atoms with van der Waals surface area (Å²) in [6, 6.07) is 9.12. The van der Waals surface area contributed by atoms with Crippen molar-refractivity contribution >= 4 is 34.0 Å². The van der Waals surface area contributed by atoms with E-state index in [1.165, 1.54) is 17.4 Å². The summed E-state index contributed by atoms with van der Waals surface area (Å²) in [6.45, 7) is 3.72. The van der Waals surface area contributed by atoms with Crippen LogP contribution >= 0.6 is 22.9 Å². The number of pyridine rings is 1. The monoisotopic (exact) mass is 373 g/mol. The van der Waals surface area contributed by atoms with Gasteiger partial charge in [0, 0.05) is 28.2 Å². The van der Waals surface area contributed by atoms with E-state index in [1.807, 2.05) is 25.1 Å². The number of rotatable bonds is 4. The number of nitrogens with one attached hydrogen (secondary N) is 2. The van der Waals surface area contributed by atoms with Crippen LogP contribution in [0.4, 0.5) is 5.13 Å². The van der Waals surface area contributed by atoms with Crippen molar-refractivity contribution in [1.82, 2.24) is 9.97 Å². The Balaban J connectivity index is 1.71. The van der Waals surface area contributed by atoms with E-state index in [4.69, 9.17) is 11.6 Å². The Morgan fingerprint density at radius 1 is 1.28 bits per heavy atom. The lowest BCUT2D eigenvalue weighted by Gasteiger charge is -2.02. The maximum atomic E-state index is 12.2. The zero-order valence-electron chi connectivity index (χ0n) is 13.7. The summed E-state index contributed by atoms with van der Waals surface area (Å²) in [5, 5.41) is 3.85. The van der Waals surface area contributed by atoms with Gasteiger partial charge in [-0.2, -0.15) is 0 Å². The Bertz CT molecular complexity index is 994. The van der Waals surface area contributed by atoms with Crippen molar-refractivity contribution < 1.29 is 4.79 Å². The van der Waals surface area contributed by atoms with E-state index in [0.29, 0.717) is 17.2 Å². The third-order valence-electron chi connectivity index (χ3n) is 3.69. The van der Waals surface area contributed by atoms with Crippen LogP contribution in [0.3, 0.4) is 0 Å². The molecule has 0 saturated carbocycles. The highest BCUT2D eigenvalue weighted by Gasteiger charge is 2.13. The van der Waals surface area contributed by atoms with Gasteiger partial charge in [0.25, 0.3) is 11.5 Å². The Kier molecular flexibility index (Phi) is 5.01. The summed E-state index contributed by atoms with van der Waals surface area (Å²) in [5.74, 6) is -0.472. The molecule has 0 spiro atoms. The van der Waals surface area contributed by atoms with Crippen LogP contribution in [0.1, 0.15) is 32.1 Å². The summed E-state index contributed by atoms with van der Waals surface area (Å²) in [5.41, 5.74) is 2.46. The quantitative estimate of drug-likeness (QED) is 0.727. The average molecular weight is 374 g/mol. The van der Waals surface area contributed by atoms with Crippen LogP contribution < -0.4 is 10.9 Å². The zero-order chi connectivity index (χ0) is 18.0. The summed E-state index contributed by atoms with van der Waals surface area (Å²) in [4.78, 5) is 31.9. The molecule has 2 aromatic heterocycles. The number of halogens is 1. The fourth-order valence-corrected chi connectivity index (χ4v) is 3.35. The molecule has 3 rings (SSSR count). The van der Waals surface area contributed by atoms with Crippen LogP contribution in [0, 0.1) is 13.8 Å². The van der Waals surface area contributed by atoms with E-state index in [9.17, 15) is 9.59 Å². The first-order valence-corrected chi connectivity index (χ1v) is 8.83. The molecular weight excluding hydrogens is 358 g/mol. The second-order valence-electron chi connectivity index (χ2n) is 5.73. The molecule has 0 saturated heterocycles. The number of hydrogen-bond acceptors (Lipinski definition) is 4. The van der Waals surface area contributed by atoms with Crippen LogP contribution in [0.25, 0.3) is 0 Å². The van der Waals surface area contributed by atoms with Gasteiger partial charge in [-0.15, -0.1) is 11.3 Å². The van der Waals surface area contributed by atoms with Gasteiger partial charge in [-0.05, 0) is 43.2 Å². The van der Waals surface area contributed by atoms with Crippen molar-refractivity contribution in [2.24, 2.45) is 0 Å². The number of aryl methyl sites for hydroxylation is 2. The van der Waals surface area contributed by atoms with Gasteiger partial charge >= 0.3 is 0 Å². The highest BCUT2D eigenvalue weighted by atomic mass is 35.5. The SMILES string of the molecule is Cc1ccc(C(=O)Nc2ncc(Cc3ccc(C)c(Cl)c3)s2)c(=O)[nH]1. The highest BCUT2D eigenvalue weighted by molar-refractivity contribution is 7.15. The number of aromatic nitrogens is 2. The van der Waals surface area contributed by atoms with Crippen LogP contribution in [-0.2, 0) is 6.42 Å². The first-order valence-electron chi connectivity index (χ1n) is 7.63. The topological polar surface area (TPSA) is 74.8 Å². The lowest BCUT2D eigenvalue weighted by Crippen LogP contribution is -2.23. The second-order valence-corrected chi connectivity index (χ2v) is 7.25. The molecule has 5 nitrogen and oxygen atoms in total. The summed E-state index contributed by atoms with van der Waals surface area (Å²) < 4.78 is 0. The van der Waals surface area contributed by atoms with Gasteiger partial charge in [0.05, 0.1) is 0 Å². The van der Waals surface area contributed by atoms with Crippen LogP contribution in [0.5, 0.6) is 0 Å². The largest absolute Gasteiger partial charge is 0.326 e. The van der Waals surface area contributed by atoms with E-state index in [2.05, 4.69) is 15.3 Å². The van der Waals surface area contributed by atoms with Gasteiger partial charge in [-0.25, -0.2) is 4.98 Å². The fourth-order valence-electron chi connectivity index (χ4n) is 2.31. The van der Waals surface area contributed by atoms with E-state index in [0.717, 1.165) is 21.0 Å². The molecule has 0 atom stereocenters. The fraction of sp³-hybridized carbons (Fsp3) is 0.167. The predicted octanol–water partition coefficient (Wildman–Crippen LogP) is 3.94. The number of thiazole rings is 1. The normalized spacial score (nSPS) is 10.7. The Hall–Kier alpha value is -2.44. The third kappa shape index (κ3) is 4.15. The number of anilines is 1. The number of carbonyl (C=O) groups excluding carboxylic acids is 1. The van der Waals surface area contributed by atoms with E-state index in [1.54, 1.807) is 19.2 Å². The molecule has 0 aliphatic heterocycles. The van der Waals surface area contributed by atoms with Crippen LogP contribution in [0.2, 0.25) is 5.02 Å². The van der Waals surface area contributed by atoms with Gasteiger partial charge in [-0.1, -0.05) is 23.7 Å². The molecule has 0 aliphatic rings. The van der Waals surface area contributed by atoms with E-state index in [-0.39, 0.29) is 5.56 Å². The van der Waals surface area contributed by atoms with Crippen molar-refractivity contribution in [3.8, 4) is 0 Å². The smallest absolute Gasteiger partial charge is 0.263 e. The molecule has 1 amide bonds. The molecule has 0 aliphatic carbocycles. The highest BCUT2D eigenvalue weighted by Crippen LogP contribution is 2.24. The van der Waals surface area contributed by atoms with Crippen LogP contribution in [0.15, 0.2) is 41.3 Å². The minimum Gasteiger partial charge on any atom is -0.326 e. The van der Waals surface area contributed by atoms with Gasteiger partial charge in [0.1, 0.15) is 5.56 Å². The van der Waals surface area contributed by atoms with Gasteiger partial charge < -0.3 is 4.98 Å². The first kappa shape index (κ1) is 17.4. The number of aromatic amines is 1. The molecule has 3 aromatic rings. The number of nitrogens with zero attached hydrogens (tertiary/aromatic N) is 1. The Morgan fingerprint density at radius 2 is 2.08 bits per heavy atom. The summed E-state index contributed by atoms with van der Waals surface area (Å²) in [6.07, 6.45) is 2.39. The minimum atomic E-state index is -0.472. The molecule has 128 valence electrons. The maximum Gasteiger partial charge on any atom is 0.263 e. The number of amides is 1. The van der Waals surface area contributed by atoms with Crippen molar-refractivity contribution in [2.75, 3.05) is 5.32 Å².